The summed E-state index contributed by atoms with van der Waals surface area (Å²) in [5, 5.41) is 3.64. The Hall–Kier alpha value is -0.0400. The molecule has 1 unspecified atom stereocenters. The lowest BCUT2D eigenvalue weighted by Crippen LogP contribution is -2.36. The van der Waals surface area contributed by atoms with E-state index in [0.717, 1.165) is 18.5 Å². The molecule has 1 aliphatic rings. The van der Waals surface area contributed by atoms with Crippen LogP contribution in [0.2, 0.25) is 0 Å². The smallest absolute Gasteiger partial charge is 0.0121 e. The summed E-state index contributed by atoms with van der Waals surface area (Å²) >= 11 is 0. The highest BCUT2D eigenvalue weighted by molar-refractivity contribution is 4.98. The van der Waals surface area contributed by atoms with Gasteiger partial charge in [-0.2, -0.15) is 0 Å². The Morgan fingerprint density at radius 2 is 1.85 bits per heavy atom. The molecule has 0 aliphatic heterocycles. The van der Waals surface area contributed by atoms with Crippen LogP contribution in [-0.2, 0) is 0 Å². The van der Waals surface area contributed by atoms with E-state index in [9.17, 15) is 0 Å². The van der Waals surface area contributed by atoms with E-state index >= 15 is 0 Å². The van der Waals surface area contributed by atoms with Crippen LogP contribution >= 0.6 is 0 Å². The monoisotopic (exact) mass is 183 g/mol. The third-order valence-corrected chi connectivity index (χ3v) is 3.36. The van der Waals surface area contributed by atoms with E-state index in [0.29, 0.717) is 5.41 Å². The van der Waals surface area contributed by atoms with Crippen LogP contribution in [0.5, 0.6) is 0 Å². The van der Waals surface area contributed by atoms with Gasteiger partial charge >= 0.3 is 0 Å². The average molecular weight is 183 g/mol. The fourth-order valence-electron chi connectivity index (χ4n) is 1.99. The molecule has 0 saturated heterocycles. The summed E-state index contributed by atoms with van der Waals surface area (Å²) in [6.45, 7) is 10.4. The summed E-state index contributed by atoms with van der Waals surface area (Å²) in [7, 11) is 0. The number of hydrogen-bond acceptors (Lipinski definition) is 1. The summed E-state index contributed by atoms with van der Waals surface area (Å²) < 4.78 is 0. The Bertz CT molecular complexity index is 147. The molecule has 1 nitrogen and oxygen atoms in total. The second-order valence-electron chi connectivity index (χ2n) is 5.24. The molecule has 1 atom stereocenters. The van der Waals surface area contributed by atoms with Gasteiger partial charge in [0.1, 0.15) is 0 Å². The van der Waals surface area contributed by atoms with Crippen molar-refractivity contribution >= 4 is 0 Å². The van der Waals surface area contributed by atoms with E-state index in [-0.39, 0.29) is 0 Å². The van der Waals surface area contributed by atoms with Gasteiger partial charge in [-0.3, -0.25) is 0 Å². The first kappa shape index (κ1) is 11.0. The van der Waals surface area contributed by atoms with Crippen molar-refractivity contribution in [3.63, 3.8) is 0 Å². The lowest BCUT2D eigenvalue weighted by Gasteiger charge is -2.25. The normalized spacial score (nSPS) is 21.9. The molecule has 0 aromatic heterocycles. The van der Waals surface area contributed by atoms with Gasteiger partial charge in [0.05, 0.1) is 0 Å². The fourth-order valence-corrected chi connectivity index (χ4v) is 1.99. The van der Waals surface area contributed by atoms with Gasteiger partial charge in [0.2, 0.25) is 0 Å². The molecule has 1 heteroatoms. The first-order chi connectivity index (χ1) is 6.08. The molecule has 1 saturated carbocycles. The predicted octanol–water partition coefficient (Wildman–Crippen LogP) is 3.20. The molecule has 0 aromatic carbocycles. The molecule has 0 bridgehead atoms. The quantitative estimate of drug-likeness (QED) is 0.667. The first-order valence-electron chi connectivity index (χ1n) is 5.82. The minimum Gasteiger partial charge on any atom is -0.314 e. The van der Waals surface area contributed by atoms with E-state index in [1.54, 1.807) is 0 Å². The summed E-state index contributed by atoms with van der Waals surface area (Å²) in [4.78, 5) is 0. The maximum Gasteiger partial charge on any atom is 0.0121 e. The van der Waals surface area contributed by atoms with Crippen LogP contribution in [0.15, 0.2) is 0 Å². The van der Waals surface area contributed by atoms with Gasteiger partial charge in [0.25, 0.3) is 0 Å². The van der Waals surface area contributed by atoms with Crippen LogP contribution in [0.25, 0.3) is 0 Å². The molecule has 0 radical (unpaired) electrons. The first-order valence-corrected chi connectivity index (χ1v) is 5.82. The van der Waals surface area contributed by atoms with Gasteiger partial charge in [0, 0.05) is 6.04 Å². The van der Waals surface area contributed by atoms with Gasteiger partial charge in [-0.1, -0.05) is 27.7 Å². The molecule has 0 heterocycles. The van der Waals surface area contributed by atoms with Crippen molar-refractivity contribution in [3.05, 3.63) is 0 Å². The van der Waals surface area contributed by atoms with Crippen molar-refractivity contribution in [3.8, 4) is 0 Å². The Morgan fingerprint density at radius 1 is 1.23 bits per heavy atom. The van der Waals surface area contributed by atoms with E-state index in [2.05, 4.69) is 33.0 Å². The third kappa shape index (κ3) is 3.30. The molecule has 78 valence electrons. The predicted molar refractivity (Wildman–Crippen MR) is 58.9 cm³/mol. The number of hydrogen-bond donors (Lipinski definition) is 1. The number of nitrogens with one attached hydrogen (secondary N) is 1. The van der Waals surface area contributed by atoms with Gasteiger partial charge < -0.3 is 5.32 Å². The fraction of sp³-hybridized carbons (Fsp3) is 1.00. The highest BCUT2D eigenvalue weighted by Gasteiger charge is 2.43. The maximum absolute atomic E-state index is 3.64. The van der Waals surface area contributed by atoms with Crippen molar-refractivity contribution in [2.24, 2.45) is 11.3 Å². The van der Waals surface area contributed by atoms with Crippen LogP contribution in [0, 0.1) is 11.3 Å². The third-order valence-electron chi connectivity index (χ3n) is 3.36. The molecule has 1 N–H and O–H groups in total. The topological polar surface area (TPSA) is 12.0 Å². The van der Waals surface area contributed by atoms with Crippen molar-refractivity contribution in [2.45, 2.75) is 59.4 Å². The van der Waals surface area contributed by atoms with Crippen molar-refractivity contribution in [1.82, 2.24) is 5.32 Å². The standard InChI is InChI=1S/C12H25N/c1-5-13-11(7-6-10(2)3)12(4)8-9-12/h10-11,13H,5-9H2,1-4H3. The maximum atomic E-state index is 3.64. The molecule has 0 amide bonds. The highest BCUT2D eigenvalue weighted by atomic mass is 14.9. The Kier molecular flexibility index (Phi) is 3.78. The largest absolute Gasteiger partial charge is 0.314 e. The summed E-state index contributed by atoms with van der Waals surface area (Å²) in [5.74, 6) is 0.850. The van der Waals surface area contributed by atoms with E-state index in [4.69, 9.17) is 0 Å². The highest BCUT2D eigenvalue weighted by Crippen LogP contribution is 2.49. The number of rotatable bonds is 6. The minimum absolute atomic E-state index is 0.644. The summed E-state index contributed by atoms with van der Waals surface area (Å²) in [6, 6.07) is 0.778. The van der Waals surface area contributed by atoms with E-state index < -0.39 is 0 Å². The molecule has 1 fully saturated rings. The molecule has 0 spiro atoms. The van der Waals surface area contributed by atoms with E-state index in [1.807, 2.05) is 0 Å². The van der Waals surface area contributed by atoms with Crippen LogP contribution in [0.3, 0.4) is 0 Å². The second-order valence-corrected chi connectivity index (χ2v) is 5.24. The minimum atomic E-state index is 0.644. The van der Waals surface area contributed by atoms with Gasteiger partial charge in [-0.15, -0.1) is 0 Å². The van der Waals surface area contributed by atoms with Gasteiger partial charge in [0.15, 0.2) is 0 Å². The van der Waals surface area contributed by atoms with Crippen LogP contribution in [0.1, 0.15) is 53.4 Å². The average Bonchev–Trinajstić information content (AvgIpc) is 2.78. The van der Waals surface area contributed by atoms with Gasteiger partial charge in [-0.05, 0) is 43.6 Å². The second kappa shape index (κ2) is 4.45. The zero-order valence-corrected chi connectivity index (χ0v) is 9.69. The van der Waals surface area contributed by atoms with E-state index in [1.165, 1.54) is 25.7 Å². The summed E-state index contributed by atoms with van der Waals surface area (Å²) in [5.41, 5.74) is 0.644. The van der Waals surface area contributed by atoms with Crippen LogP contribution in [0.4, 0.5) is 0 Å². The van der Waals surface area contributed by atoms with Crippen molar-refractivity contribution in [2.75, 3.05) is 6.54 Å². The molecule has 0 aromatic rings. The molecular weight excluding hydrogens is 158 g/mol. The molecular formula is C12H25N. The van der Waals surface area contributed by atoms with Crippen molar-refractivity contribution in [1.29, 1.82) is 0 Å². The van der Waals surface area contributed by atoms with Crippen LogP contribution in [-0.4, -0.2) is 12.6 Å². The molecule has 13 heavy (non-hydrogen) atoms. The summed E-state index contributed by atoms with van der Waals surface area (Å²) in [6.07, 6.45) is 5.60. The lowest BCUT2D eigenvalue weighted by atomic mass is 9.92. The van der Waals surface area contributed by atoms with Crippen molar-refractivity contribution < 1.29 is 0 Å². The molecule has 1 aliphatic carbocycles. The lowest BCUT2D eigenvalue weighted by molar-refractivity contribution is 0.321. The zero-order valence-electron chi connectivity index (χ0n) is 9.69. The zero-order chi connectivity index (χ0) is 9.90. The van der Waals surface area contributed by atoms with Crippen LogP contribution < -0.4 is 5.32 Å². The molecule has 1 rings (SSSR count). The van der Waals surface area contributed by atoms with Gasteiger partial charge in [-0.25, -0.2) is 0 Å². The Labute approximate surface area is 83.3 Å². The SMILES string of the molecule is CCNC(CCC(C)C)C1(C)CC1. The Morgan fingerprint density at radius 3 is 2.23 bits per heavy atom. The Balaban J connectivity index is 2.30.